The average molecular weight is 711 g/mol. The fourth-order valence-electron chi connectivity index (χ4n) is 9.64. The van der Waals surface area contributed by atoms with Crippen LogP contribution in [0.5, 0.6) is 0 Å². The van der Waals surface area contributed by atoms with Gasteiger partial charge in [0.2, 0.25) is 0 Å². The summed E-state index contributed by atoms with van der Waals surface area (Å²) in [7, 11) is 0. The zero-order chi connectivity index (χ0) is 36.5. The molecule has 0 bridgehead atoms. The lowest BCUT2D eigenvalue weighted by Gasteiger charge is -2.15. The Morgan fingerprint density at radius 2 is 1.02 bits per heavy atom. The van der Waals surface area contributed by atoms with E-state index in [-0.39, 0.29) is 0 Å². The summed E-state index contributed by atoms with van der Waals surface area (Å²) in [5.41, 5.74) is 10.3. The zero-order valence-electron chi connectivity index (χ0n) is 30.1. The molecule has 4 heteroatoms. The van der Waals surface area contributed by atoms with Gasteiger partial charge >= 0.3 is 0 Å². The van der Waals surface area contributed by atoms with Crippen molar-refractivity contribution in [2.45, 2.75) is 0 Å². The topological polar surface area (TPSA) is 35.1 Å². The van der Waals surface area contributed by atoms with Crippen molar-refractivity contribution in [1.82, 2.24) is 18.9 Å². The van der Waals surface area contributed by atoms with Crippen molar-refractivity contribution in [2.75, 3.05) is 0 Å². The van der Waals surface area contributed by atoms with Gasteiger partial charge in [-0.15, -0.1) is 0 Å². The van der Waals surface area contributed by atoms with E-state index in [1.165, 1.54) is 76.2 Å². The van der Waals surface area contributed by atoms with Crippen LogP contribution in [0, 0.1) is 0 Å². The van der Waals surface area contributed by atoms with E-state index in [9.17, 15) is 0 Å². The summed E-state index contributed by atoms with van der Waals surface area (Å²) < 4.78 is 4.89. The molecule has 0 saturated heterocycles. The molecule has 9 aromatic carbocycles. The van der Waals surface area contributed by atoms with Gasteiger partial charge in [0.05, 0.1) is 33.1 Å². The molecule has 0 radical (unpaired) electrons. The van der Waals surface area contributed by atoms with Gasteiger partial charge in [-0.2, -0.15) is 0 Å². The molecule has 4 heterocycles. The highest BCUT2D eigenvalue weighted by atomic mass is 15.1. The Balaban J connectivity index is 1.23. The predicted molar refractivity (Wildman–Crippen MR) is 234 cm³/mol. The minimum Gasteiger partial charge on any atom is -0.308 e. The number of para-hydroxylation sites is 3. The molecule has 4 aromatic heterocycles. The summed E-state index contributed by atoms with van der Waals surface area (Å²) in [6, 6.07) is 65.8. The Kier molecular flexibility index (Phi) is 5.86. The van der Waals surface area contributed by atoms with Crippen LogP contribution in [0.25, 0.3) is 121 Å². The molecule has 13 rings (SSSR count). The van der Waals surface area contributed by atoms with Crippen LogP contribution in [0.4, 0.5) is 0 Å². The molecule has 0 atom stereocenters. The monoisotopic (exact) mass is 710 g/mol. The van der Waals surface area contributed by atoms with Crippen molar-refractivity contribution in [1.29, 1.82) is 0 Å². The van der Waals surface area contributed by atoms with E-state index >= 15 is 0 Å². The summed E-state index contributed by atoms with van der Waals surface area (Å²) in [5.74, 6) is 1.58. The van der Waals surface area contributed by atoms with Crippen molar-refractivity contribution >= 4 is 92.3 Å². The van der Waals surface area contributed by atoms with Gasteiger partial charge in [0.25, 0.3) is 0 Å². The lowest BCUT2D eigenvalue weighted by molar-refractivity contribution is 1.08. The SMILES string of the molecule is c1ccc(-c2ccc3c(c2)c2c4c5ccccc5n5c6ccccc6c(cc2n3-c2nc(-c3cc6ccccc6c6ccccc36)nc3ccccc23)c45)cc1. The summed E-state index contributed by atoms with van der Waals surface area (Å²) >= 11 is 0. The van der Waals surface area contributed by atoms with Crippen LogP contribution in [0.3, 0.4) is 0 Å². The zero-order valence-corrected chi connectivity index (χ0v) is 30.1. The number of rotatable bonds is 3. The van der Waals surface area contributed by atoms with Crippen LogP contribution in [0.15, 0.2) is 182 Å². The third-order valence-electron chi connectivity index (χ3n) is 12.0. The lowest BCUT2D eigenvalue weighted by Crippen LogP contribution is -2.03. The Morgan fingerprint density at radius 1 is 0.357 bits per heavy atom. The van der Waals surface area contributed by atoms with Gasteiger partial charge in [-0.1, -0.05) is 133 Å². The molecule has 0 aliphatic carbocycles. The Labute approximate surface area is 320 Å². The van der Waals surface area contributed by atoms with Gasteiger partial charge in [0, 0.05) is 43.3 Å². The summed E-state index contributed by atoms with van der Waals surface area (Å²) in [6.45, 7) is 0. The first-order valence-corrected chi connectivity index (χ1v) is 19.2. The molecule has 258 valence electrons. The summed E-state index contributed by atoms with van der Waals surface area (Å²) in [5, 5.41) is 13.2. The van der Waals surface area contributed by atoms with Gasteiger partial charge in [-0.05, 0) is 81.2 Å². The maximum Gasteiger partial charge on any atom is 0.162 e. The fraction of sp³-hybridized carbons (Fsp3) is 0. The predicted octanol–water partition coefficient (Wildman–Crippen LogP) is 13.5. The van der Waals surface area contributed by atoms with Crippen LogP contribution in [0.1, 0.15) is 0 Å². The fourth-order valence-corrected chi connectivity index (χ4v) is 9.64. The van der Waals surface area contributed by atoms with Crippen LogP contribution in [-0.2, 0) is 0 Å². The number of benzene rings is 9. The molecule has 0 saturated carbocycles. The van der Waals surface area contributed by atoms with Crippen LogP contribution < -0.4 is 0 Å². The van der Waals surface area contributed by atoms with Crippen molar-refractivity contribution in [3.05, 3.63) is 182 Å². The molecule has 13 aromatic rings. The highest BCUT2D eigenvalue weighted by Gasteiger charge is 2.26. The number of hydrogen-bond acceptors (Lipinski definition) is 2. The van der Waals surface area contributed by atoms with Crippen LogP contribution >= 0.6 is 0 Å². The minimum absolute atomic E-state index is 0.712. The smallest absolute Gasteiger partial charge is 0.162 e. The first kappa shape index (κ1) is 29.8. The summed E-state index contributed by atoms with van der Waals surface area (Å²) in [4.78, 5) is 11.0. The van der Waals surface area contributed by atoms with Crippen molar-refractivity contribution in [3.63, 3.8) is 0 Å². The Morgan fingerprint density at radius 3 is 1.86 bits per heavy atom. The second-order valence-corrected chi connectivity index (χ2v) is 14.9. The normalized spacial score (nSPS) is 12.3. The summed E-state index contributed by atoms with van der Waals surface area (Å²) in [6.07, 6.45) is 0. The van der Waals surface area contributed by atoms with Crippen LogP contribution in [-0.4, -0.2) is 18.9 Å². The van der Waals surface area contributed by atoms with E-state index in [0.29, 0.717) is 5.82 Å². The third-order valence-corrected chi connectivity index (χ3v) is 12.0. The molecule has 0 aliphatic heterocycles. The first-order chi connectivity index (χ1) is 27.8. The second-order valence-electron chi connectivity index (χ2n) is 14.9. The van der Waals surface area contributed by atoms with E-state index in [4.69, 9.17) is 9.97 Å². The van der Waals surface area contributed by atoms with E-state index in [0.717, 1.165) is 38.7 Å². The van der Waals surface area contributed by atoms with E-state index < -0.39 is 0 Å². The second kappa shape index (κ2) is 11.0. The van der Waals surface area contributed by atoms with Crippen molar-refractivity contribution in [3.8, 4) is 28.3 Å². The maximum atomic E-state index is 5.64. The number of nitrogens with zero attached hydrogens (tertiary/aromatic N) is 4. The van der Waals surface area contributed by atoms with Gasteiger partial charge in [-0.25, -0.2) is 9.97 Å². The molecular formula is C52H30N4. The molecule has 0 N–H and O–H groups in total. The van der Waals surface area contributed by atoms with Crippen LogP contribution in [0.2, 0.25) is 0 Å². The third kappa shape index (κ3) is 3.92. The van der Waals surface area contributed by atoms with E-state index in [2.05, 4.69) is 191 Å². The molecule has 0 amide bonds. The Hall–Kier alpha value is -7.56. The van der Waals surface area contributed by atoms with Crippen molar-refractivity contribution in [2.24, 2.45) is 0 Å². The molecule has 0 aliphatic rings. The number of fused-ring (bicyclic) bond motifs is 14. The molecular weight excluding hydrogens is 681 g/mol. The molecule has 0 unspecified atom stereocenters. The largest absolute Gasteiger partial charge is 0.308 e. The first-order valence-electron chi connectivity index (χ1n) is 19.2. The molecule has 0 spiro atoms. The maximum absolute atomic E-state index is 5.64. The number of aromatic nitrogens is 4. The lowest BCUT2D eigenvalue weighted by atomic mass is 9.97. The van der Waals surface area contributed by atoms with Gasteiger partial charge in [-0.3, -0.25) is 4.57 Å². The Bertz CT molecular complexity index is 3760. The van der Waals surface area contributed by atoms with Gasteiger partial charge in [0.1, 0.15) is 5.82 Å². The van der Waals surface area contributed by atoms with Crippen molar-refractivity contribution < 1.29 is 0 Å². The molecule has 4 nitrogen and oxygen atoms in total. The molecule has 0 fully saturated rings. The standard InChI is InChI=1S/C52H30N4/c1-2-14-31(15-3-1)32-26-27-46-42(28-32)48-47(30-40-37-20-9-12-24-44(37)55-45-25-13-10-22-39(45)49(48)50(40)55)56(46)52-38-21-8-11-23-43(38)53-51(54-52)41-29-33-16-4-5-17-34(33)35-18-6-7-19-36(35)41/h1-30H. The van der Waals surface area contributed by atoms with E-state index in [1.807, 2.05) is 0 Å². The quantitative estimate of drug-likeness (QED) is 0.171. The van der Waals surface area contributed by atoms with E-state index in [1.54, 1.807) is 0 Å². The van der Waals surface area contributed by atoms with Gasteiger partial charge < -0.3 is 4.40 Å². The highest BCUT2D eigenvalue weighted by molar-refractivity contribution is 6.36. The average Bonchev–Trinajstić information content (AvgIpc) is 3.90. The number of hydrogen-bond donors (Lipinski definition) is 0. The van der Waals surface area contributed by atoms with Gasteiger partial charge in [0.15, 0.2) is 5.82 Å². The highest BCUT2D eigenvalue weighted by Crippen LogP contribution is 2.47. The minimum atomic E-state index is 0.712. The molecule has 56 heavy (non-hydrogen) atoms.